The molecule has 0 atom stereocenters. The van der Waals surface area contributed by atoms with Crippen molar-refractivity contribution < 1.29 is 14.3 Å². The molecule has 4 rings (SSSR count). The summed E-state index contributed by atoms with van der Waals surface area (Å²) in [6.45, 7) is 0.347. The van der Waals surface area contributed by atoms with E-state index in [4.69, 9.17) is 5.11 Å². The monoisotopic (exact) mass is 349 g/mol. The molecule has 1 amide bonds. The average molecular weight is 349 g/mol. The van der Waals surface area contributed by atoms with E-state index in [2.05, 4.69) is 15.3 Å². The number of halogens is 1. The van der Waals surface area contributed by atoms with Gasteiger partial charge in [0.1, 0.15) is 5.82 Å². The second-order valence-electron chi connectivity index (χ2n) is 6.17. The molecule has 0 fully saturated rings. The zero-order chi connectivity index (χ0) is 18.1. The minimum Gasteiger partial charge on any atom is -0.493 e. The number of carbonyl (C=O) groups excluding carboxylic acids is 1. The quantitative estimate of drug-likeness (QED) is 0.528. The first-order chi connectivity index (χ1) is 12.6. The van der Waals surface area contributed by atoms with Crippen molar-refractivity contribution in [3.63, 3.8) is 0 Å². The highest BCUT2D eigenvalue weighted by molar-refractivity contribution is 6.07. The molecule has 0 spiro atoms. The van der Waals surface area contributed by atoms with Gasteiger partial charge in [-0.05, 0) is 35.4 Å². The normalized spacial score (nSPS) is 11.1. The van der Waals surface area contributed by atoms with E-state index in [1.165, 1.54) is 24.4 Å². The van der Waals surface area contributed by atoms with Gasteiger partial charge in [-0.25, -0.2) is 9.37 Å². The van der Waals surface area contributed by atoms with Gasteiger partial charge in [-0.2, -0.15) is 0 Å². The van der Waals surface area contributed by atoms with Crippen LogP contribution in [0, 0.1) is 5.82 Å². The molecule has 4 aromatic rings. The summed E-state index contributed by atoms with van der Waals surface area (Å²) in [6.07, 6.45) is 1.76. The predicted octanol–water partition coefficient (Wildman–Crippen LogP) is 3.42. The summed E-state index contributed by atoms with van der Waals surface area (Å²) in [4.78, 5) is 19.1. The number of nitrogens with zero attached hydrogens (tertiary/aromatic N) is 1. The molecule has 0 radical (unpaired) electrons. The highest BCUT2D eigenvalue weighted by Crippen LogP contribution is 2.26. The summed E-state index contributed by atoms with van der Waals surface area (Å²) >= 11 is 0. The molecule has 0 saturated carbocycles. The predicted molar refractivity (Wildman–Crippen MR) is 97.2 cm³/mol. The summed E-state index contributed by atoms with van der Waals surface area (Å²) in [5, 5.41) is 13.9. The van der Waals surface area contributed by atoms with Crippen LogP contribution in [0.3, 0.4) is 0 Å². The zero-order valence-corrected chi connectivity index (χ0v) is 13.8. The van der Waals surface area contributed by atoms with Crippen LogP contribution < -0.4 is 5.32 Å². The molecule has 0 aliphatic heterocycles. The van der Waals surface area contributed by atoms with Crippen molar-refractivity contribution in [2.45, 2.75) is 13.0 Å². The maximum absolute atomic E-state index is 13.4. The number of carbonyl (C=O) groups is 1. The van der Waals surface area contributed by atoms with Gasteiger partial charge in [-0.1, -0.05) is 18.2 Å². The van der Waals surface area contributed by atoms with E-state index in [9.17, 15) is 9.18 Å². The first-order valence-corrected chi connectivity index (χ1v) is 8.19. The smallest absolute Gasteiger partial charge is 0.224 e. The van der Waals surface area contributed by atoms with Gasteiger partial charge in [0, 0.05) is 40.6 Å². The van der Waals surface area contributed by atoms with Crippen molar-refractivity contribution in [1.29, 1.82) is 0 Å². The number of hydrogen-bond donors (Lipinski definition) is 3. The van der Waals surface area contributed by atoms with Crippen LogP contribution in [0.1, 0.15) is 11.1 Å². The number of hydrogen-bond acceptors (Lipinski definition) is 3. The number of aromatic nitrogens is 2. The topological polar surface area (TPSA) is 78.0 Å². The van der Waals surface area contributed by atoms with Gasteiger partial charge < -0.3 is 15.4 Å². The van der Waals surface area contributed by atoms with Gasteiger partial charge in [-0.3, -0.25) is 4.79 Å². The molecule has 26 heavy (non-hydrogen) atoms. The third kappa shape index (κ3) is 3.21. The van der Waals surface area contributed by atoms with Crippen molar-refractivity contribution in [2.24, 2.45) is 0 Å². The van der Waals surface area contributed by atoms with Gasteiger partial charge in [0.05, 0.1) is 6.42 Å². The lowest BCUT2D eigenvalue weighted by Gasteiger charge is -2.06. The molecule has 0 bridgehead atoms. The SMILES string of the molecule is O=C(Cc1ccc2c(c1)[nH]c1cc(F)ccc12)NCc1ccc(O)nc1. The first kappa shape index (κ1) is 16.1. The number of nitrogens with one attached hydrogen (secondary N) is 2. The second kappa shape index (κ2) is 6.48. The molecular formula is C20H16FN3O2. The molecule has 3 N–H and O–H groups in total. The van der Waals surface area contributed by atoms with Crippen molar-refractivity contribution >= 4 is 27.7 Å². The van der Waals surface area contributed by atoms with Crippen LogP contribution in [0.5, 0.6) is 5.88 Å². The van der Waals surface area contributed by atoms with Gasteiger partial charge >= 0.3 is 0 Å². The molecular weight excluding hydrogens is 333 g/mol. The Bertz CT molecular complexity index is 1100. The van der Waals surface area contributed by atoms with Crippen LogP contribution >= 0.6 is 0 Å². The highest BCUT2D eigenvalue weighted by Gasteiger charge is 2.08. The number of benzene rings is 2. The van der Waals surface area contributed by atoms with Crippen LogP contribution in [-0.2, 0) is 17.8 Å². The molecule has 130 valence electrons. The Kier molecular flexibility index (Phi) is 4.01. The summed E-state index contributed by atoms with van der Waals surface area (Å²) in [5.41, 5.74) is 3.29. The fourth-order valence-electron chi connectivity index (χ4n) is 3.01. The molecule has 2 aromatic carbocycles. The molecule has 2 aromatic heterocycles. The Morgan fingerprint density at radius 1 is 1.04 bits per heavy atom. The van der Waals surface area contributed by atoms with E-state index in [1.807, 2.05) is 18.2 Å². The first-order valence-electron chi connectivity index (χ1n) is 8.19. The molecule has 0 unspecified atom stereocenters. The number of aromatic hydroxyl groups is 1. The van der Waals surface area contributed by atoms with Crippen molar-refractivity contribution in [3.05, 3.63) is 71.7 Å². The minimum absolute atomic E-state index is 0.0494. The van der Waals surface area contributed by atoms with E-state index in [1.54, 1.807) is 12.1 Å². The van der Waals surface area contributed by atoms with Crippen molar-refractivity contribution in [3.8, 4) is 5.88 Å². The molecule has 0 aliphatic rings. The molecule has 0 saturated heterocycles. The van der Waals surface area contributed by atoms with E-state index < -0.39 is 0 Å². The van der Waals surface area contributed by atoms with E-state index >= 15 is 0 Å². The lowest BCUT2D eigenvalue weighted by molar-refractivity contribution is -0.120. The summed E-state index contributed by atoms with van der Waals surface area (Å²) in [6, 6.07) is 13.6. The Morgan fingerprint density at radius 2 is 1.77 bits per heavy atom. The van der Waals surface area contributed by atoms with Crippen LogP contribution in [-0.4, -0.2) is 21.0 Å². The third-order valence-electron chi connectivity index (χ3n) is 4.29. The molecule has 2 heterocycles. The summed E-state index contributed by atoms with van der Waals surface area (Å²) < 4.78 is 13.4. The molecule has 5 nitrogen and oxygen atoms in total. The Morgan fingerprint density at radius 3 is 2.54 bits per heavy atom. The zero-order valence-electron chi connectivity index (χ0n) is 13.8. The second-order valence-corrected chi connectivity index (χ2v) is 6.17. The van der Waals surface area contributed by atoms with Gasteiger partial charge in [0.2, 0.25) is 11.8 Å². The number of rotatable bonds is 4. The standard InChI is InChI=1S/C20H16FN3O2/c21-14-3-5-16-15-4-1-12(7-17(15)24-18(16)9-14)8-20(26)23-11-13-2-6-19(25)22-10-13/h1-7,9-10,24H,8,11H2,(H,22,25)(H,23,26). The van der Waals surface area contributed by atoms with Crippen LogP contribution in [0.15, 0.2) is 54.7 Å². The van der Waals surface area contributed by atoms with E-state index in [0.717, 1.165) is 32.9 Å². The van der Waals surface area contributed by atoms with E-state index in [0.29, 0.717) is 6.54 Å². The Balaban J connectivity index is 1.48. The molecule has 6 heteroatoms. The van der Waals surface area contributed by atoms with Crippen LogP contribution in [0.2, 0.25) is 0 Å². The Hall–Kier alpha value is -3.41. The fraction of sp³-hybridized carbons (Fsp3) is 0.100. The fourth-order valence-corrected chi connectivity index (χ4v) is 3.01. The van der Waals surface area contributed by atoms with E-state index in [-0.39, 0.29) is 24.0 Å². The third-order valence-corrected chi connectivity index (χ3v) is 4.29. The minimum atomic E-state index is -0.285. The number of fused-ring (bicyclic) bond motifs is 3. The lowest BCUT2D eigenvalue weighted by Crippen LogP contribution is -2.24. The summed E-state index contributed by atoms with van der Waals surface area (Å²) in [5.74, 6) is -0.446. The number of pyridine rings is 1. The van der Waals surface area contributed by atoms with Gasteiger partial charge in [0.25, 0.3) is 0 Å². The number of H-pyrrole nitrogens is 1. The summed E-state index contributed by atoms with van der Waals surface area (Å²) in [7, 11) is 0. The van der Waals surface area contributed by atoms with Crippen molar-refractivity contribution in [2.75, 3.05) is 0 Å². The number of aromatic amines is 1. The lowest BCUT2D eigenvalue weighted by atomic mass is 10.1. The maximum atomic E-state index is 13.4. The maximum Gasteiger partial charge on any atom is 0.224 e. The largest absolute Gasteiger partial charge is 0.493 e. The average Bonchev–Trinajstić information content (AvgIpc) is 2.97. The van der Waals surface area contributed by atoms with Gasteiger partial charge in [0.15, 0.2) is 0 Å². The van der Waals surface area contributed by atoms with Crippen LogP contribution in [0.4, 0.5) is 4.39 Å². The number of amides is 1. The highest BCUT2D eigenvalue weighted by atomic mass is 19.1. The molecule has 0 aliphatic carbocycles. The van der Waals surface area contributed by atoms with Gasteiger partial charge in [-0.15, -0.1) is 0 Å². The Labute approximate surface area is 148 Å². The van der Waals surface area contributed by atoms with Crippen molar-refractivity contribution in [1.82, 2.24) is 15.3 Å². The van der Waals surface area contributed by atoms with Crippen LogP contribution in [0.25, 0.3) is 21.8 Å².